The molecule has 0 spiro atoms. The summed E-state index contributed by atoms with van der Waals surface area (Å²) in [6.07, 6.45) is 5.25. The summed E-state index contributed by atoms with van der Waals surface area (Å²) < 4.78 is 2.13. The maximum Gasteiger partial charge on any atom is 0.0625 e. The summed E-state index contributed by atoms with van der Waals surface area (Å²) >= 11 is 0. The highest BCUT2D eigenvalue weighted by Gasteiger charge is 2.20. The largest absolute Gasteiger partial charge is 0.311 e. The zero-order valence-corrected chi connectivity index (χ0v) is 12.1. The van der Waals surface area contributed by atoms with Crippen LogP contribution in [-0.4, -0.2) is 16.3 Å². The molecule has 1 aromatic rings. The van der Waals surface area contributed by atoms with Crippen LogP contribution in [0.5, 0.6) is 0 Å². The molecule has 3 heteroatoms. The molecule has 18 heavy (non-hydrogen) atoms. The van der Waals surface area contributed by atoms with E-state index >= 15 is 0 Å². The number of hydrogen-bond donors (Lipinski definition) is 1. The normalized spacial score (nSPS) is 23.7. The van der Waals surface area contributed by atoms with E-state index in [1.165, 1.54) is 37.2 Å². The second-order valence-electron chi connectivity index (χ2n) is 5.71. The molecule has 3 nitrogen and oxygen atoms in total. The van der Waals surface area contributed by atoms with Crippen LogP contribution >= 0.6 is 0 Å². The molecule has 1 fully saturated rings. The van der Waals surface area contributed by atoms with Gasteiger partial charge in [0.05, 0.1) is 11.4 Å². The van der Waals surface area contributed by atoms with E-state index in [1.807, 2.05) is 0 Å². The first-order chi connectivity index (χ1) is 8.72. The van der Waals surface area contributed by atoms with Crippen LogP contribution in [0.25, 0.3) is 0 Å². The van der Waals surface area contributed by atoms with E-state index in [1.54, 1.807) is 0 Å². The lowest BCUT2D eigenvalue weighted by Crippen LogP contribution is -2.22. The van der Waals surface area contributed by atoms with Crippen molar-refractivity contribution in [3.05, 3.63) is 17.5 Å². The van der Waals surface area contributed by atoms with Crippen LogP contribution in [0.4, 0.5) is 0 Å². The molecule has 1 heterocycles. The van der Waals surface area contributed by atoms with E-state index in [2.05, 4.69) is 41.9 Å². The van der Waals surface area contributed by atoms with Gasteiger partial charge in [0.2, 0.25) is 0 Å². The number of hydrogen-bond acceptors (Lipinski definition) is 2. The second-order valence-corrected chi connectivity index (χ2v) is 5.71. The first-order valence-corrected chi connectivity index (χ1v) is 7.49. The summed E-state index contributed by atoms with van der Waals surface area (Å²) in [5.41, 5.74) is 2.54. The van der Waals surface area contributed by atoms with Gasteiger partial charge in [-0.2, -0.15) is 5.10 Å². The molecule has 102 valence electrons. The van der Waals surface area contributed by atoms with Gasteiger partial charge in [0, 0.05) is 13.1 Å². The van der Waals surface area contributed by atoms with Gasteiger partial charge in [-0.25, -0.2) is 0 Å². The Balaban J connectivity index is 1.80. The molecule has 2 atom stereocenters. The molecule has 0 aromatic carbocycles. The van der Waals surface area contributed by atoms with Gasteiger partial charge >= 0.3 is 0 Å². The van der Waals surface area contributed by atoms with Crippen molar-refractivity contribution in [1.82, 2.24) is 15.1 Å². The molecule has 2 unspecified atom stereocenters. The Morgan fingerprint density at radius 2 is 2.22 bits per heavy atom. The molecule has 1 aliphatic rings. The predicted octanol–water partition coefficient (Wildman–Crippen LogP) is 2.99. The van der Waals surface area contributed by atoms with Gasteiger partial charge in [-0.15, -0.1) is 0 Å². The predicted molar refractivity (Wildman–Crippen MR) is 75.5 cm³/mol. The molecule has 0 amide bonds. The average Bonchev–Trinajstić information content (AvgIpc) is 2.95. The zero-order valence-electron chi connectivity index (χ0n) is 12.1. The Bertz CT molecular complexity index is 370. The molecule has 2 rings (SSSR count). The minimum absolute atomic E-state index is 0.892. The highest BCUT2D eigenvalue weighted by Crippen LogP contribution is 2.29. The Morgan fingerprint density at radius 1 is 1.39 bits per heavy atom. The Labute approximate surface area is 111 Å². The molecule has 0 bridgehead atoms. The maximum atomic E-state index is 4.59. The van der Waals surface area contributed by atoms with Crippen molar-refractivity contribution >= 4 is 0 Å². The van der Waals surface area contributed by atoms with Gasteiger partial charge in [0.25, 0.3) is 0 Å². The lowest BCUT2D eigenvalue weighted by molar-refractivity contribution is 0.462. The van der Waals surface area contributed by atoms with Gasteiger partial charge in [-0.1, -0.05) is 20.3 Å². The standard InChI is InChI=1S/C15H27N3/c1-4-14-9-15(18(5-2)17-14)11-16-10-13-7-6-12(3)8-13/h9,12-13,16H,4-8,10-11H2,1-3H3. The minimum atomic E-state index is 0.892. The van der Waals surface area contributed by atoms with Crippen molar-refractivity contribution < 1.29 is 0 Å². The minimum Gasteiger partial charge on any atom is -0.311 e. The molecule has 1 saturated carbocycles. The average molecular weight is 249 g/mol. The van der Waals surface area contributed by atoms with E-state index in [-0.39, 0.29) is 0 Å². The fourth-order valence-corrected chi connectivity index (χ4v) is 3.02. The van der Waals surface area contributed by atoms with Crippen LogP contribution in [0.3, 0.4) is 0 Å². The summed E-state index contributed by atoms with van der Waals surface area (Å²) in [6.45, 7) is 9.80. The van der Waals surface area contributed by atoms with Crippen molar-refractivity contribution in [3.63, 3.8) is 0 Å². The third-order valence-electron chi connectivity index (χ3n) is 4.12. The maximum absolute atomic E-state index is 4.59. The Hall–Kier alpha value is -0.830. The number of nitrogens with zero attached hydrogens (tertiary/aromatic N) is 2. The number of nitrogens with one attached hydrogen (secondary N) is 1. The number of aromatic nitrogens is 2. The van der Waals surface area contributed by atoms with E-state index < -0.39 is 0 Å². The molecular formula is C15H27N3. The van der Waals surface area contributed by atoms with Gasteiger partial charge in [-0.3, -0.25) is 4.68 Å². The van der Waals surface area contributed by atoms with E-state index in [0.29, 0.717) is 0 Å². The quantitative estimate of drug-likeness (QED) is 0.840. The first kappa shape index (κ1) is 13.6. The van der Waals surface area contributed by atoms with Gasteiger partial charge in [0.15, 0.2) is 0 Å². The first-order valence-electron chi connectivity index (χ1n) is 7.49. The van der Waals surface area contributed by atoms with E-state index in [0.717, 1.165) is 31.3 Å². The fourth-order valence-electron chi connectivity index (χ4n) is 3.02. The molecule has 0 saturated heterocycles. The van der Waals surface area contributed by atoms with Gasteiger partial charge < -0.3 is 5.32 Å². The molecule has 1 aliphatic carbocycles. The second kappa shape index (κ2) is 6.37. The Morgan fingerprint density at radius 3 is 2.83 bits per heavy atom. The highest BCUT2D eigenvalue weighted by atomic mass is 15.3. The number of aryl methyl sites for hydroxylation is 2. The molecular weight excluding hydrogens is 222 g/mol. The number of rotatable bonds is 6. The highest BCUT2D eigenvalue weighted by molar-refractivity contribution is 5.10. The molecule has 1 N–H and O–H groups in total. The van der Waals surface area contributed by atoms with Crippen molar-refractivity contribution in [2.45, 2.75) is 59.5 Å². The van der Waals surface area contributed by atoms with Crippen LogP contribution in [0.2, 0.25) is 0 Å². The van der Waals surface area contributed by atoms with Crippen LogP contribution in [0.15, 0.2) is 6.07 Å². The Kier molecular flexibility index (Phi) is 4.81. The van der Waals surface area contributed by atoms with Crippen LogP contribution in [-0.2, 0) is 19.5 Å². The van der Waals surface area contributed by atoms with Crippen molar-refractivity contribution in [2.75, 3.05) is 6.54 Å². The molecule has 0 aliphatic heterocycles. The van der Waals surface area contributed by atoms with E-state index in [4.69, 9.17) is 0 Å². The lowest BCUT2D eigenvalue weighted by atomic mass is 10.1. The summed E-state index contributed by atoms with van der Waals surface area (Å²) in [5.74, 6) is 1.83. The summed E-state index contributed by atoms with van der Waals surface area (Å²) in [4.78, 5) is 0. The fraction of sp³-hybridized carbons (Fsp3) is 0.800. The summed E-state index contributed by atoms with van der Waals surface area (Å²) in [7, 11) is 0. The third-order valence-corrected chi connectivity index (χ3v) is 4.12. The third kappa shape index (κ3) is 3.35. The van der Waals surface area contributed by atoms with Crippen LogP contribution < -0.4 is 5.32 Å². The van der Waals surface area contributed by atoms with Crippen molar-refractivity contribution in [1.29, 1.82) is 0 Å². The van der Waals surface area contributed by atoms with Crippen molar-refractivity contribution in [3.8, 4) is 0 Å². The van der Waals surface area contributed by atoms with E-state index in [9.17, 15) is 0 Å². The summed E-state index contributed by atoms with van der Waals surface area (Å²) in [6, 6.07) is 2.24. The van der Waals surface area contributed by atoms with Crippen LogP contribution in [0, 0.1) is 11.8 Å². The monoisotopic (exact) mass is 249 g/mol. The SMILES string of the molecule is CCc1cc(CNCC2CCC(C)C2)n(CC)n1. The van der Waals surface area contributed by atoms with Gasteiger partial charge in [-0.05, 0) is 50.6 Å². The zero-order chi connectivity index (χ0) is 13.0. The lowest BCUT2D eigenvalue weighted by Gasteiger charge is -2.11. The summed E-state index contributed by atoms with van der Waals surface area (Å²) in [5, 5.41) is 8.20. The van der Waals surface area contributed by atoms with Crippen molar-refractivity contribution in [2.24, 2.45) is 11.8 Å². The smallest absolute Gasteiger partial charge is 0.0625 e. The topological polar surface area (TPSA) is 29.9 Å². The molecule has 1 aromatic heterocycles. The van der Waals surface area contributed by atoms with Gasteiger partial charge in [0.1, 0.15) is 0 Å². The van der Waals surface area contributed by atoms with Crippen LogP contribution in [0.1, 0.15) is 51.4 Å². The molecule has 0 radical (unpaired) electrons.